The van der Waals surface area contributed by atoms with Crippen molar-refractivity contribution in [2.24, 2.45) is 0 Å². The van der Waals surface area contributed by atoms with E-state index in [2.05, 4.69) is 10.3 Å². The Morgan fingerprint density at radius 2 is 2.11 bits per heavy atom. The molecule has 8 heteroatoms. The maximum atomic E-state index is 12.1. The van der Waals surface area contributed by atoms with E-state index in [0.29, 0.717) is 5.13 Å². The van der Waals surface area contributed by atoms with Crippen LogP contribution in [0.3, 0.4) is 0 Å². The zero-order valence-corrected chi connectivity index (χ0v) is 11.7. The average Bonchev–Trinajstić information content (AvgIpc) is 2.71. The monoisotopic (exact) mass is 285 g/mol. The van der Waals surface area contributed by atoms with Crippen LogP contribution in [-0.4, -0.2) is 45.4 Å². The van der Waals surface area contributed by atoms with Gasteiger partial charge in [-0.3, -0.25) is 14.4 Å². The van der Waals surface area contributed by atoms with Crippen molar-refractivity contribution in [1.82, 2.24) is 9.88 Å². The summed E-state index contributed by atoms with van der Waals surface area (Å²) in [5, 5.41) is 13.1. The van der Waals surface area contributed by atoms with Crippen LogP contribution in [0.4, 0.5) is 5.13 Å². The molecule has 1 heterocycles. The predicted octanol–water partition coefficient (Wildman–Crippen LogP) is 1.04. The Bertz CT molecular complexity index is 498. The topological polar surface area (TPSA) is 99.6 Å². The molecular weight excluding hydrogens is 270 g/mol. The molecule has 19 heavy (non-hydrogen) atoms. The number of thiazole rings is 1. The molecule has 7 nitrogen and oxygen atoms in total. The van der Waals surface area contributed by atoms with Gasteiger partial charge in [0.15, 0.2) is 5.13 Å². The van der Waals surface area contributed by atoms with Crippen LogP contribution in [0.25, 0.3) is 0 Å². The Hall–Kier alpha value is -1.96. The molecule has 104 valence electrons. The van der Waals surface area contributed by atoms with Gasteiger partial charge in [0.2, 0.25) is 5.91 Å². The second kappa shape index (κ2) is 6.28. The quantitative estimate of drug-likeness (QED) is 0.842. The van der Waals surface area contributed by atoms with Crippen LogP contribution >= 0.6 is 11.3 Å². The second-order valence-electron chi connectivity index (χ2n) is 4.14. The van der Waals surface area contributed by atoms with Crippen LogP contribution in [0.2, 0.25) is 0 Å². The summed E-state index contributed by atoms with van der Waals surface area (Å²) in [4.78, 5) is 38.9. The van der Waals surface area contributed by atoms with Crippen molar-refractivity contribution in [2.75, 3.05) is 11.9 Å². The Kier molecular flexibility index (Phi) is 4.99. The van der Waals surface area contributed by atoms with Crippen molar-refractivity contribution in [1.29, 1.82) is 0 Å². The number of aliphatic carboxylic acids is 1. The van der Waals surface area contributed by atoms with Gasteiger partial charge in [-0.25, -0.2) is 4.98 Å². The predicted molar refractivity (Wildman–Crippen MR) is 70.2 cm³/mol. The Labute approximate surface area is 114 Å². The van der Waals surface area contributed by atoms with Gasteiger partial charge in [-0.2, -0.15) is 0 Å². The number of hydrogen-bond donors (Lipinski definition) is 2. The molecule has 1 rings (SSSR count). The van der Waals surface area contributed by atoms with Gasteiger partial charge in [0, 0.05) is 18.3 Å². The van der Waals surface area contributed by atoms with Gasteiger partial charge in [-0.05, 0) is 13.8 Å². The zero-order chi connectivity index (χ0) is 14.6. The number of carboxylic acids is 1. The number of amides is 2. The highest BCUT2D eigenvalue weighted by atomic mass is 32.1. The smallest absolute Gasteiger partial charge is 0.323 e. The fraction of sp³-hybridized carbons (Fsp3) is 0.455. The lowest BCUT2D eigenvalue weighted by atomic mass is 10.3. The number of carboxylic acid groups (broad SMARTS) is 1. The van der Waals surface area contributed by atoms with Crippen LogP contribution < -0.4 is 5.32 Å². The normalized spacial score (nSPS) is 10.3. The van der Waals surface area contributed by atoms with Crippen LogP contribution in [-0.2, 0) is 9.59 Å². The molecule has 2 N–H and O–H groups in total. The standard InChI is InChI=1S/C11H15N3O4S/c1-6(2)14(4-9(16)17)10(18)8-5-19-11(13-8)12-7(3)15/h5-6H,4H2,1-3H3,(H,16,17)(H,12,13,15). The minimum absolute atomic E-state index is 0.128. The maximum Gasteiger partial charge on any atom is 0.323 e. The lowest BCUT2D eigenvalue weighted by molar-refractivity contribution is -0.138. The molecular formula is C11H15N3O4S. The number of anilines is 1. The third kappa shape index (κ3) is 4.32. The summed E-state index contributed by atoms with van der Waals surface area (Å²) in [5.74, 6) is -1.83. The van der Waals surface area contributed by atoms with Crippen molar-refractivity contribution in [3.8, 4) is 0 Å². The van der Waals surface area contributed by atoms with Gasteiger partial charge in [-0.1, -0.05) is 0 Å². The van der Waals surface area contributed by atoms with Gasteiger partial charge in [-0.15, -0.1) is 11.3 Å². The summed E-state index contributed by atoms with van der Waals surface area (Å²) >= 11 is 1.12. The van der Waals surface area contributed by atoms with Crippen LogP contribution in [0.15, 0.2) is 5.38 Å². The fourth-order valence-electron chi connectivity index (χ4n) is 1.36. The molecule has 2 amide bonds. The van der Waals surface area contributed by atoms with Gasteiger partial charge in [0.1, 0.15) is 12.2 Å². The number of carbonyl (C=O) groups excluding carboxylic acids is 2. The van der Waals surface area contributed by atoms with Crippen LogP contribution in [0, 0.1) is 0 Å². The number of carbonyl (C=O) groups is 3. The number of nitrogens with one attached hydrogen (secondary N) is 1. The molecule has 1 aromatic rings. The third-order valence-electron chi connectivity index (χ3n) is 2.20. The van der Waals surface area contributed by atoms with Crippen LogP contribution in [0.5, 0.6) is 0 Å². The molecule has 0 aliphatic heterocycles. The Morgan fingerprint density at radius 1 is 1.47 bits per heavy atom. The second-order valence-corrected chi connectivity index (χ2v) is 5.00. The highest BCUT2D eigenvalue weighted by Gasteiger charge is 2.23. The van der Waals surface area contributed by atoms with Crippen LogP contribution in [0.1, 0.15) is 31.3 Å². The third-order valence-corrected chi connectivity index (χ3v) is 2.95. The van der Waals surface area contributed by atoms with E-state index in [0.717, 1.165) is 11.3 Å². The number of aromatic nitrogens is 1. The Morgan fingerprint density at radius 3 is 2.58 bits per heavy atom. The highest BCUT2D eigenvalue weighted by molar-refractivity contribution is 7.14. The van der Waals surface area contributed by atoms with Crippen molar-refractivity contribution in [3.05, 3.63) is 11.1 Å². The van der Waals surface area contributed by atoms with E-state index in [-0.39, 0.29) is 24.2 Å². The summed E-state index contributed by atoms with van der Waals surface area (Å²) in [6.07, 6.45) is 0. The lowest BCUT2D eigenvalue weighted by Gasteiger charge is -2.23. The van der Waals surface area contributed by atoms with E-state index < -0.39 is 11.9 Å². The molecule has 1 aromatic heterocycles. The van der Waals surface area contributed by atoms with Gasteiger partial charge < -0.3 is 15.3 Å². The minimum atomic E-state index is -1.08. The van der Waals surface area contributed by atoms with Gasteiger partial charge in [0.25, 0.3) is 5.91 Å². The summed E-state index contributed by atoms with van der Waals surface area (Å²) in [6.45, 7) is 4.40. The maximum absolute atomic E-state index is 12.1. The molecule has 0 bridgehead atoms. The summed E-state index contributed by atoms with van der Waals surface area (Å²) in [5.41, 5.74) is 0.128. The first-order valence-electron chi connectivity index (χ1n) is 5.57. The van der Waals surface area contributed by atoms with Crippen molar-refractivity contribution < 1.29 is 19.5 Å². The molecule has 0 aliphatic rings. The van der Waals surface area contributed by atoms with E-state index in [1.807, 2.05) is 0 Å². The molecule has 0 saturated carbocycles. The van der Waals surface area contributed by atoms with E-state index >= 15 is 0 Å². The fourth-order valence-corrected chi connectivity index (χ4v) is 2.09. The molecule has 0 radical (unpaired) electrons. The number of hydrogen-bond acceptors (Lipinski definition) is 5. The van der Waals surface area contributed by atoms with Gasteiger partial charge >= 0.3 is 5.97 Å². The van der Waals surface area contributed by atoms with Crippen molar-refractivity contribution in [2.45, 2.75) is 26.8 Å². The van der Waals surface area contributed by atoms with Crippen molar-refractivity contribution in [3.63, 3.8) is 0 Å². The molecule has 0 fully saturated rings. The Balaban J connectivity index is 2.87. The molecule has 0 unspecified atom stereocenters. The number of rotatable bonds is 5. The average molecular weight is 285 g/mol. The van der Waals surface area contributed by atoms with E-state index in [1.54, 1.807) is 13.8 Å². The van der Waals surface area contributed by atoms with E-state index in [1.165, 1.54) is 17.2 Å². The first-order chi connectivity index (χ1) is 8.81. The summed E-state index contributed by atoms with van der Waals surface area (Å²) in [6, 6.07) is -0.255. The first-order valence-corrected chi connectivity index (χ1v) is 6.45. The van der Waals surface area contributed by atoms with E-state index in [9.17, 15) is 14.4 Å². The molecule has 0 aromatic carbocycles. The zero-order valence-electron chi connectivity index (χ0n) is 10.8. The van der Waals surface area contributed by atoms with E-state index in [4.69, 9.17) is 5.11 Å². The molecule has 0 saturated heterocycles. The largest absolute Gasteiger partial charge is 0.480 e. The minimum Gasteiger partial charge on any atom is -0.480 e. The highest BCUT2D eigenvalue weighted by Crippen LogP contribution is 2.17. The van der Waals surface area contributed by atoms with Crippen molar-refractivity contribution >= 4 is 34.3 Å². The SMILES string of the molecule is CC(=O)Nc1nc(C(=O)N(CC(=O)O)C(C)C)cs1. The summed E-state index contributed by atoms with van der Waals surface area (Å²) in [7, 11) is 0. The van der Waals surface area contributed by atoms with Gasteiger partial charge in [0.05, 0.1) is 0 Å². The summed E-state index contributed by atoms with van der Waals surface area (Å²) < 4.78 is 0. The first kappa shape index (κ1) is 15.1. The number of nitrogens with zero attached hydrogens (tertiary/aromatic N) is 2. The molecule has 0 aliphatic carbocycles. The molecule has 0 atom stereocenters. The molecule has 0 spiro atoms. The lowest BCUT2D eigenvalue weighted by Crippen LogP contribution is -2.40.